The lowest BCUT2D eigenvalue weighted by atomic mass is 9.84. The molecule has 2 amide bonds. The van der Waals surface area contributed by atoms with Crippen molar-refractivity contribution in [2.45, 2.75) is 110 Å². The average molecular weight is 838 g/mol. The number of fused-ring (bicyclic) bond motifs is 8. The van der Waals surface area contributed by atoms with Crippen LogP contribution in [-0.2, 0) is 19.0 Å². The molecule has 7 heterocycles. The summed E-state index contributed by atoms with van der Waals surface area (Å²) in [4.78, 5) is 60.6. The van der Waals surface area contributed by atoms with Gasteiger partial charge in [0.15, 0.2) is 6.29 Å². The van der Waals surface area contributed by atoms with E-state index >= 15 is 0 Å². The summed E-state index contributed by atoms with van der Waals surface area (Å²) >= 11 is 0. The van der Waals surface area contributed by atoms with Crippen LogP contribution in [0.5, 0.6) is 0 Å². The number of nitrogens with one attached hydrogen (secondary N) is 2. The molecule has 15 heteroatoms. The third-order valence-corrected chi connectivity index (χ3v) is 12.6. The van der Waals surface area contributed by atoms with Crippen molar-refractivity contribution < 1.29 is 49.0 Å². The van der Waals surface area contributed by atoms with Gasteiger partial charge in [-0.15, -0.1) is 0 Å². The number of carbonyl (C=O) groups excluding carboxylic acids is 3. The number of methoxy groups -OCH3 is 1. The number of aliphatic hydroxyl groups excluding tert-OH is 4. The van der Waals surface area contributed by atoms with E-state index in [1.807, 2.05) is 19.1 Å². The Morgan fingerprint density at radius 3 is 2.20 bits per heavy atom. The maximum atomic E-state index is 15.0. The highest BCUT2D eigenvalue weighted by atomic mass is 16.7. The van der Waals surface area contributed by atoms with Gasteiger partial charge in [0.05, 0.1) is 66.3 Å². The highest BCUT2D eigenvalue weighted by Crippen LogP contribution is 2.45. The number of amides is 2. The summed E-state index contributed by atoms with van der Waals surface area (Å²) in [5.74, 6) is -1.97. The van der Waals surface area contributed by atoms with Gasteiger partial charge in [-0.3, -0.25) is 19.3 Å². The van der Waals surface area contributed by atoms with Gasteiger partial charge >= 0.3 is 5.97 Å². The van der Waals surface area contributed by atoms with Crippen LogP contribution in [0.15, 0.2) is 42.5 Å². The number of carbonyl (C=O) groups is 3. The molecule has 6 N–H and O–H groups in total. The third kappa shape index (κ3) is 7.90. The van der Waals surface area contributed by atoms with E-state index in [4.69, 9.17) is 24.2 Å². The molecular weight excluding hydrogens is 783 g/mol. The molecule has 0 saturated carbocycles. The van der Waals surface area contributed by atoms with Crippen molar-refractivity contribution in [2.24, 2.45) is 0 Å². The maximum Gasteiger partial charge on any atom is 0.305 e. The molecule has 5 aliphatic rings. The van der Waals surface area contributed by atoms with E-state index in [9.17, 15) is 34.8 Å². The lowest BCUT2D eigenvalue weighted by Gasteiger charge is -2.39. The Balaban J connectivity index is 1.36. The summed E-state index contributed by atoms with van der Waals surface area (Å²) in [6.45, 7) is 15.4. The second-order valence-electron chi connectivity index (χ2n) is 16.2. The number of H-pyrrole nitrogens is 2. The zero-order chi connectivity index (χ0) is 44.0. The Bertz CT molecular complexity index is 2460. The van der Waals surface area contributed by atoms with Crippen LogP contribution in [0.1, 0.15) is 133 Å². The number of aliphatic hydroxyl groups is 4. The van der Waals surface area contributed by atoms with E-state index in [0.29, 0.717) is 39.8 Å². The van der Waals surface area contributed by atoms with Crippen molar-refractivity contribution in [1.29, 1.82) is 0 Å². The van der Waals surface area contributed by atoms with Crippen molar-refractivity contribution >= 4 is 51.1 Å². The highest BCUT2D eigenvalue weighted by Gasteiger charge is 2.44. The van der Waals surface area contributed by atoms with Crippen molar-refractivity contribution in [3.63, 3.8) is 0 Å². The second-order valence-corrected chi connectivity index (χ2v) is 16.2. The first kappa shape index (κ1) is 43.8. The molecule has 61 heavy (non-hydrogen) atoms. The molecule has 0 unspecified atom stereocenters. The van der Waals surface area contributed by atoms with Gasteiger partial charge in [0.2, 0.25) is 0 Å². The van der Waals surface area contributed by atoms with Gasteiger partial charge in [-0.1, -0.05) is 39.5 Å². The SMILES string of the molecule is C=C(/C=C/CO[C@@H]1O[C@H](CO)[C@H](O)[C@H](O)[C@H]1O)CN1C(=O)c2c3[nH]c(cc4nc(cc5nc(cc6[nH]c2c(c6C)C1=O)C(CC)=C5C)C(CC)=C4C)[C@@H](C)[C@@H]3CCC(=O)OC. The van der Waals surface area contributed by atoms with Crippen LogP contribution in [-0.4, -0.2) is 121 Å². The predicted molar refractivity (Wildman–Crippen MR) is 228 cm³/mol. The molecule has 2 aromatic heterocycles. The number of ether oxygens (including phenoxy) is 3. The number of rotatable bonds is 12. The van der Waals surface area contributed by atoms with Crippen LogP contribution >= 0.6 is 0 Å². The van der Waals surface area contributed by atoms with E-state index in [1.54, 1.807) is 12.2 Å². The van der Waals surface area contributed by atoms with E-state index in [2.05, 4.69) is 57.2 Å². The molecule has 7 atom stereocenters. The van der Waals surface area contributed by atoms with Gasteiger partial charge < -0.3 is 44.6 Å². The van der Waals surface area contributed by atoms with Crippen LogP contribution in [0.2, 0.25) is 0 Å². The number of imide groups is 1. The van der Waals surface area contributed by atoms with Gasteiger partial charge in [-0.05, 0) is 91.7 Å². The van der Waals surface area contributed by atoms with Crippen molar-refractivity contribution in [3.05, 3.63) is 93.4 Å². The third-order valence-electron chi connectivity index (χ3n) is 12.6. The Hall–Kier alpha value is -5.29. The molecule has 7 rings (SSSR count). The number of hydrogen-bond donors (Lipinski definition) is 6. The molecule has 5 aliphatic heterocycles. The van der Waals surface area contributed by atoms with Gasteiger partial charge in [0.25, 0.3) is 11.8 Å². The molecule has 324 valence electrons. The standard InChI is InChI=1S/C46H55N5O10/c1-9-26-22(4)29-16-31-24(6)28(13-14-36(53)59-8)39(49-31)38-40-37(25(7)32(50-40)18-34-27(10-2)23(5)30(48-34)17-33(26)47-29)44(57)51(45(38)58)19-21(3)12-11-15-60-46-43(56)42(55)41(54)35(20-52)61-46/h11-12,16-18,24,28,35,41-43,46,49-50,52,54-56H,3,9-10,13-15,19-20H2,1-2,4-8H3/b12-11+,31-16?,33-17?,34-18?,39-38?/t24-,28-,35+,41-,42-,43+,46+/m0/s1. The Kier molecular flexibility index (Phi) is 12.6. The van der Waals surface area contributed by atoms with E-state index in [1.165, 1.54) is 7.11 Å². The quantitative estimate of drug-likeness (QED) is 0.0901. The van der Waals surface area contributed by atoms with E-state index in [0.717, 1.165) is 68.5 Å². The lowest BCUT2D eigenvalue weighted by Crippen LogP contribution is -2.59. The average Bonchev–Trinajstić information content (AvgIpc) is 3.92. The van der Waals surface area contributed by atoms with Crippen LogP contribution < -0.4 is 0 Å². The molecule has 8 bridgehead atoms. The first-order valence-electron chi connectivity index (χ1n) is 20.8. The Labute approximate surface area is 354 Å². The maximum absolute atomic E-state index is 15.0. The smallest absolute Gasteiger partial charge is 0.305 e. The van der Waals surface area contributed by atoms with Gasteiger partial charge in [0, 0.05) is 35.2 Å². The van der Waals surface area contributed by atoms with Gasteiger partial charge in [-0.2, -0.15) is 0 Å². The minimum atomic E-state index is -1.59. The number of esters is 1. The van der Waals surface area contributed by atoms with E-state index in [-0.39, 0.29) is 42.9 Å². The fraction of sp³-hybridized carbons (Fsp3) is 0.457. The minimum absolute atomic E-state index is 0.104. The largest absolute Gasteiger partial charge is 0.469 e. The summed E-state index contributed by atoms with van der Waals surface area (Å²) < 4.78 is 16.0. The van der Waals surface area contributed by atoms with Crippen molar-refractivity contribution in [1.82, 2.24) is 24.8 Å². The zero-order valence-electron chi connectivity index (χ0n) is 35.7. The number of allylic oxidation sites excluding steroid dienone is 4. The number of nitrogens with zero attached hydrogens (tertiary/aromatic N) is 3. The Morgan fingerprint density at radius 2 is 1.56 bits per heavy atom. The molecule has 2 aromatic rings. The topological polar surface area (TPSA) is 220 Å². The van der Waals surface area contributed by atoms with Gasteiger partial charge in [-0.25, -0.2) is 9.97 Å². The first-order valence-corrected chi connectivity index (χ1v) is 20.8. The Morgan fingerprint density at radius 1 is 0.918 bits per heavy atom. The summed E-state index contributed by atoms with van der Waals surface area (Å²) in [5.41, 5.74) is 11.5. The second kappa shape index (κ2) is 17.6. The predicted octanol–water partition coefficient (Wildman–Crippen LogP) is 5.39. The number of hydrogen-bond acceptors (Lipinski definition) is 12. The van der Waals surface area contributed by atoms with E-state index < -0.39 is 49.1 Å². The first-order chi connectivity index (χ1) is 29.1. The lowest BCUT2D eigenvalue weighted by molar-refractivity contribution is -0.298. The molecule has 0 aliphatic carbocycles. The fourth-order valence-electron chi connectivity index (χ4n) is 9.00. The van der Waals surface area contributed by atoms with Crippen LogP contribution in [0.25, 0.3) is 33.3 Å². The monoisotopic (exact) mass is 837 g/mol. The minimum Gasteiger partial charge on any atom is -0.469 e. The summed E-state index contributed by atoms with van der Waals surface area (Å²) in [6, 6.07) is 6.00. The van der Waals surface area contributed by atoms with Crippen LogP contribution in [0.3, 0.4) is 0 Å². The molecule has 1 fully saturated rings. The van der Waals surface area contributed by atoms with Crippen molar-refractivity contribution in [2.75, 3.05) is 26.9 Å². The zero-order valence-corrected chi connectivity index (χ0v) is 35.7. The van der Waals surface area contributed by atoms with Crippen molar-refractivity contribution in [3.8, 4) is 0 Å². The number of aromatic amines is 2. The number of aromatic nitrogens is 4. The van der Waals surface area contributed by atoms with Crippen LogP contribution in [0, 0.1) is 6.92 Å². The molecule has 0 radical (unpaired) electrons. The highest BCUT2D eigenvalue weighted by molar-refractivity contribution is 6.23. The summed E-state index contributed by atoms with van der Waals surface area (Å²) in [5, 5.41) is 40.1. The molecular formula is C46H55N5O10. The number of aryl methyl sites for hydroxylation is 1. The van der Waals surface area contributed by atoms with Gasteiger partial charge in [0.1, 0.15) is 24.4 Å². The summed E-state index contributed by atoms with van der Waals surface area (Å²) in [6.07, 6.45) is -2.06. The normalized spacial score (nSPS) is 24.6. The molecule has 0 aromatic carbocycles. The molecule has 1 saturated heterocycles. The fourth-order valence-corrected chi connectivity index (χ4v) is 9.00. The van der Waals surface area contributed by atoms with Crippen LogP contribution in [0.4, 0.5) is 0 Å². The molecule has 0 spiro atoms. The molecule has 15 nitrogen and oxygen atoms in total. The summed E-state index contributed by atoms with van der Waals surface area (Å²) in [7, 11) is 1.35.